The maximum Gasteiger partial charge on any atom is 0.150 e. The van der Waals surface area contributed by atoms with E-state index < -0.39 is 0 Å². The molecule has 1 nitrogen and oxygen atoms in total. The Morgan fingerprint density at radius 2 is 1.92 bits per heavy atom. The maximum atomic E-state index is 10.3. The largest absolute Gasteiger partial charge is 0.298 e. The van der Waals surface area contributed by atoms with Gasteiger partial charge in [-0.15, -0.1) is 18.2 Å². The fourth-order valence-electron chi connectivity index (χ4n) is 0.895. The number of carbonyl (C=O) groups excluding carboxylic acids is 1. The summed E-state index contributed by atoms with van der Waals surface area (Å²) in [5.74, 6) is 0. The van der Waals surface area contributed by atoms with Gasteiger partial charge < -0.3 is 0 Å². The van der Waals surface area contributed by atoms with Gasteiger partial charge in [0, 0.05) is 5.56 Å². The zero-order valence-electron chi connectivity index (χ0n) is 6.53. The maximum absolute atomic E-state index is 10.3. The van der Waals surface area contributed by atoms with E-state index in [0.29, 0.717) is 5.56 Å². The van der Waals surface area contributed by atoms with E-state index in [1.807, 2.05) is 12.1 Å². The van der Waals surface area contributed by atoms with Crippen molar-refractivity contribution in [2.75, 3.05) is 0 Å². The number of rotatable bonds is 3. The molecule has 0 aromatic heterocycles. The Balaban J connectivity index is 2.91. The third kappa shape index (κ3) is 1.95. The van der Waals surface area contributed by atoms with Gasteiger partial charge in [0.2, 0.25) is 0 Å². The molecule has 12 heavy (non-hydrogen) atoms. The Hall–Kier alpha value is -1.08. The molecule has 0 heterocycles. The summed E-state index contributed by atoms with van der Waals surface area (Å²) in [5, 5.41) is -0.175. The Morgan fingerprint density at radius 3 is 2.33 bits per heavy atom. The number of benzene rings is 1. The lowest BCUT2D eigenvalue weighted by atomic mass is 10.1. The number of hydrogen-bond donors (Lipinski definition) is 0. The molecule has 0 fully saturated rings. The molecule has 0 spiro atoms. The zero-order chi connectivity index (χ0) is 8.97. The topological polar surface area (TPSA) is 17.1 Å². The van der Waals surface area contributed by atoms with Crippen molar-refractivity contribution in [1.29, 1.82) is 0 Å². The van der Waals surface area contributed by atoms with Crippen molar-refractivity contribution in [1.82, 2.24) is 0 Å². The van der Waals surface area contributed by atoms with Gasteiger partial charge in [-0.05, 0) is 5.56 Å². The van der Waals surface area contributed by atoms with E-state index in [1.54, 1.807) is 18.2 Å². The van der Waals surface area contributed by atoms with Crippen molar-refractivity contribution in [2.45, 2.75) is 5.38 Å². The molecule has 0 aliphatic rings. The molecule has 2 heteroatoms. The molecule has 0 radical (unpaired) electrons. The second-order valence-corrected chi connectivity index (χ2v) is 2.89. The van der Waals surface area contributed by atoms with Crippen LogP contribution in [0.5, 0.6) is 0 Å². The minimum absolute atomic E-state index is 0.175. The molecule has 62 valence electrons. The second-order valence-electron chi connectivity index (χ2n) is 2.42. The van der Waals surface area contributed by atoms with Crippen molar-refractivity contribution in [3.05, 3.63) is 48.0 Å². The Kier molecular flexibility index (Phi) is 3.06. The van der Waals surface area contributed by atoms with Crippen LogP contribution in [0.15, 0.2) is 36.9 Å². The lowest BCUT2D eigenvalue weighted by Crippen LogP contribution is -1.86. The number of hydrogen-bond acceptors (Lipinski definition) is 1. The molecule has 0 amide bonds. The van der Waals surface area contributed by atoms with E-state index in [0.717, 1.165) is 11.8 Å². The highest BCUT2D eigenvalue weighted by Gasteiger charge is 2.01. The van der Waals surface area contributed by atoms with Crippen molar-refractivity contribution in [3.63, 3.8) is 0 Å². The van der Waals surface area contributed by atoms with Crippen LogP contribution < -0.4 is 0 Å². The van der Waals surface area contributed by atoms with Gasteiger partial charge in [-0.2, -0.15) is 0 Å². The first-order valence-electron chi connectivity index (χ1n) is 3.59. The molecule has 0 saturated carbocycles. The zero-order valence-corrected chi connectivity index (χ0v) is 7.29. The molecule has 0 aliphatic carbocycles. The quantitative estimate of drug-likeness (QED) is 0.397. The predicted molar refractivity (Wildman–Crippen MR) is 50.6 cm³/mol. The van der Waals surface area contributed by atoms with E-state index in [2.05, 4.69) is 6.58 Å². The SMILES string of the molecule is C=CC(Cl)c1ccc(C=O)cc1. The molecule has 1 rings (SSSR count). The minimum Gasteiger partial charge on any atom is -0.298 e. The van der Waals surface area contributed by atoms with Crippen LogP contribution in [0.4, 0.5) is 0 Å². The standard InChI is InChI=1S/C10H9ClO/c1-2-10(11)9-5-3-8(7-12)4-6-9/h2-7,10H,1H2. The third-order valence-corrected chi connectivity index (χ3v) is 2.03. The number of allylic oxidation sites excluding steroid dienone is 1. The van der Waals surface area contributed by atoms with Crippen LogP contribution >= 0.6 is 11.6 Å². The molecule has 0 bridgehead atoms. The first-order valence-corrected chi connectivity index (χ1v) is 4.03. The first kappa shape index (κ1) is 9.01. The highest BCUT2D eigenvalue weighted by molar-refractivity contribution is 6.21. The fourth-order valence-corrected chi connectivity index (χ4v) is 1.04. The summed E-state index contributed by atoms with van der Waals surface area (Å²) < 4.78 is 0. The number of alkyl halides is 1. The summed E-state index contributed by atoms with van der Waals surface area (Å²) in [6.45, 7) is 3.58. The van der Waals surface area contributed by atoms with Gasteiger partial charge in [-0.25, -0.2) is 0 Å². The van der Waals surface area contributed by atoms with Crippen molar-refractivity contribution < 1.29 is 4.79 Å². The molecule has 1 atom stereocenters. The Labute approximate surface area is 76.7 Å². The van der Waals surface area contributed by atoms with Crippen LogP contribution in [0.3, 0.4) is 0 Å². The molecule has 0 N–H and O–H groups in total. The Morgan fingerprint density at radius 1 is 1.33 bits per heavy atom. The highest BCUT2D eigenvalue weighted by Crippen LogP contribution is 2.20. The second kappa shape index (κ2) is 4.07. The summed E-state index contributed by atoms with van der Waals surface area (Å²) in [7, 11) is 0. The van der Waals surface area contributed by atoms with E-state index in [4.69, 9.17) is 11.6 Å². The molecule has 0 aliphatic heterocycles. The highest BCUT2D eigenvalue weighted by atomic mass is 35.5. The summed E-state index contributed by atoms with van der Waals surface area (Å²) in [5.41, 5.74) is 1.61. The van der Waals surface area contributed by atoms with Gasteiger partial charge in [-0.3, -0.25) is 4.79 Å². The third-order valence-electron chi connectivity index (χ3n) is 1.60. The van der Waals surface area contributed by atoms with E-state index in [-0.39, 0.29) is 5.38 Å². The average molecular weight is 181 g/mol. The number of aldehydes is 1. The van der Waals surface area contributed by atoms with Crippen LogP contribution in [-0.2, 0) is 0 Å². The monoisotopic (exact) mass is 180 g/mol. The minimum atomic E-state index is -0.175. The van der Waals surface area contributed by atoms with Gasteiger partial charge in [0.25, 0.3) is 0 Å². The molecule has 1 aromatic carbocycles. The van der Waals surface area contributed by atoms with Gasteiger partial charge >= 0.3 is 0 Å². The van der Waals surface area contributed by atoms with Crippen LogP contribution in [0.1, 0.15) is 21.3 Å². The summed E-state index contributed by atoms with van der Waals surface area (Å²) in [4.78, 5) is 10.3. The van der Waals surface area contributed by atoms with E-state index in [1.165, 1.54) is 0 Å². The average Bonchev–Trinajstić information content (AvgIpc) is 2.17. The lowest BCUT2D eigenvalue weighted by Gasteiger charge is -2.02. The van der Waals surface area contributed by atoms with Crippen LogP contribution in [0, 0.1) is 0 Å². The summed E-state index contributed by atoms with van der Waals surface area (Å²) in [6, 6.07) is 7.12. The number of carbonyl (C=O) groups is 1. The van der Waals surface area contributed by atoms with Crippen molar-refractivity contribution in [3.8, 4) is 0 Å². The lowest BCUT2D eigenvalue weighted by molar-refractivity contribution is 0.112. The molecular formula is C10H9ClO. The van der Waals surface area contributed by atoms with Crippen LogP contribution in [0.2, 0.25) is 0 Å². The number of halogens is 1. The van der Waals surface area contributed by atoms with Gasteiger partial charge in [0.1, 0.15) is 6.29 Å². The first-order chi connectivity index (χ1) is 5.77. The van der Waals surface area contributed by atoms with Gasteiger partial charge in [-0.1, -0.05) is 30.3 Å². The smallest absolute Gasteiger partial charge is 0.150 e. The van der Waals surface area contributed by atoms with Crippen LogP contribution in [0.25, 0.3) is 0 Å². The Bertz CT molecular complexity index is 276. The van der Waals surface area contributed by atoms with Crippen molar-refractivity contribution in [2.24, 2.45) is 0 Å². The summed E-state index contributed by atoms with van der Waals surface area (Å²) in [6.07, 6.45) is 2.46. The van der Waals surface area contributed by atoms with Crippen molar-refractivity contribution >= 4 is 17.9 Å². The fraction of sp³-hybridized carbons (Fsp3) is 0.100. The van der Waals surface area contributed by atoms with E-state index >= 15 is 0 Å². The van der Waals surface area contributed by atoms with Gasteiger partial charge in [0.15, 0.2) is 0 Å². The molecule has 1 aromatic rings. The van der Waals surface area contributed by atoms with Gasteiger partial charge in [0.05, 0.1) is 5.38 Å². The molecule has 1 unspecified atom stereocenters. The molecular weight excluding hydrogens is 172 g/mol. The predicted octanol–water partition coefficient (Wildman–Crippen LogP) is 2.97. The van der Waals surface area contributed by atoms with E-state index in [9.17, 15) is 4.79 Å². The summed E-state index contributed by atoms with van der Waals surface area (Å²) >= 11 is 5.88. The molecule has 0 saturated heterocycles. The normalized spacial score (nSPS) is 12.1. The van der Waals surface area contributed by atoms with Crippen LogP contribution in [-0.4, -0.2) is 6.29 Å².